The minimum Gasteiger partial charge on any atom is -0.0622 e. The molecule has 6 aromatic rings. The molecular weight excluding hydrogens is 645 g/mol. The van der Waals surface area contributed by atoms with Gasteiger partial charge in [0.2, 0.25) is 0 Å². The molecule has 0 atom stereocenters. The van der Waals surface area contributed by atoms with Crippen LogP contribution >= 0.6 is 15.8 Å². The van der Waals surface area contributed by atoms with Crippen LogP contribution in [0.3, 0.4) is 0 Å². The van der Waals surface area contributed by atoms with Crippen LogP contribution in [0, 0.1) is 19.8 Å². The molecule has 43 heavy (non-hydrogen) atoms. The second-order valence-corrected chi connectivity index (χ2v) is 13.7. The molecule has 0 heterocycles. The largest absolute Gasteiger partial charge is 0.0622 e. The number of hydrogen-bond donors (Lipinski definition) is 0. The zero-order chi connectivity index (χ0) is 29.2. The predicted molar refractivity (Wildman–Crippen MR) is 190 cm³/mol. The minimum absolute atomic E-state index is 0. The number of hydrogen-bond acceptors (Lipinski definition) is 0. The first-order valence-electron chi connectivity index (χ1n) is 14.1. The molecule has 0 saturated heterocycles. The molecule has 0 nitrogen and oxygen atoms in total. The first kappa shape index (κ1) is 34.3. The molecule has 3 heteroatoms. The Hall–Kier alpha value is -3.20. The van der Waals surface area contributed by atoms with E-state index in [0.29, 0.717) is 0 Å². The van der Waals surface area contributed by atoms with E-state index >= 15 is 0 Å². The Labute approximate surface area is 274 Å². The summed E-state index contributed by atoms with van der Waals surface area (Å²) >= 11 is 0. The first-order valence-corrected chi connectivity index (χ1v) is 16.8. The van der Waals surface area contributed by atoms with Crippen molar-refractivity contribution in [2.75, 3.05) is 0 Å². The monoisotopic (exact) mass is 682 g/mol. The quantitative estimate of drug-likeness (QED) is 0.118. The zero-order valence-electron chi connectivity index (χ0n) is 24.4. The third-order valence-corrected chi connectivity index (χ3v) is 11.2. The summed E-state index contributed by atoms with van der Waals surface area (Å²) in [5.41, 5.74) is 0. The van der Waals surface area contributed by atoms with Crippen LogP contribution in [0.4, 0.5) is 0 Å². The SMILES string of the molecule is [CH2][CH][CH]C.[Rh].c1ccc(P(c2ccccc2)c2ccccc2)cc1.c1ccc(P(c2ccccc2)c2ccccc2)cc1. The van der Waals surface area contributed by atoms with E-state index in [-0.39, 0.29) is 19.5 Å². The summed E-state index contributed by atoms with van der Waals surface area (Å²) in [5, 5.41) is 8.39. The molecule has 0 saturated carbocycles. The molecule has 0 fully saturated rings. The topological polar surface area (TPSA) is 0 Å². The van der Waals surface area contributed by atoms with E-state index in [9.17, 15) is 0 Å². The Morgan fingerprint density at radius 2 is 0.488 bits per heavy atom. The van der Waals surface area contributed by atoms with Gasteiger partial charge in [-0.1, -0.05) is 189 Å². The van der Waals surface area contributed by atoms with E-state index < -0.39 is 15.8 Å². The smallest absolute Gasteiger partial charge is 0 e. The van der Waals surface area contributed by atoms with Crippen molar-refractivity contribution in [2.24, 2.45) is 0 Å². The van der Waals surface area contributed by atoms with Crippen molar-refractivity contribution in [3.8, 4) is 0 Å². The van der Waals surface area contributed by atoms with E-state index in [1.165, 1.54) is 31.8 Å². The van der Waals surface area contributed by atoms with Gasteiger partial charge >= 0.3 is 0 Å². The van der Waals surface area contributed by atoms with Crippen LogP contribution in [0.15, 0.2) is 182 Å². The van der Waals surface area contributed by atoms with Crippen LogP contribution in [0.25, 0.3) is 0 Å². The average Bonchev–Trinajstić information content (AvgIpc) is 3.08. The Morgan fingerprint density at radius 1 is 0.349 bits per heavy atom. The van der Waals surface area contributed by atoms with Gasteiger partial charge in [0, 0.05) is 19.5 Å². The fraction of sp³-hybridized carbons (Fsp3) is 0.0250. The molecule has 0 unspecified atom stereocenters. The van der Waals surface area contributed by atoms with Gasteiger partial charge in [-0.2, -0.15) is 0 Å². The maximum Gasteiger partial charge on any atom is 0 e. The molecule has 0 aliphatic heterocycles. The fourth-order valence-corrected chi connectivity index (χ4v) is 8.97. The third kappa shape index (κ3) is 10.8. The number of unbranched alkanes of at least 4 members (excludes halogenated alkanes) is 1. The van der Waals surface area contributed by atoms with Gasteiger partial charge in [-0.25, -0.2) is 0 Å². The van der Waals surface area contributed by atoms with Gasteiger partial charge in [-0.05, 0) is 67.4 Å². The van der Waals surface area contributed by atoms with Crippen molar-refractivity contribution < 1.29 is 19.5 Å². The van der Waals surface area contributed by atoms with Gasteiger partial charge in [0.1, 0.15) is 0 Å². The summed E-state index contributed by atoms with van der Waals surface area (Å²) in [6, 6.07) is 64.7. The molecule has 0 aliphatic rings. The summed E-state index contributed by atoms with van der Waals surface area (Å²) in [5.74, 6) is 0. The fourth-order valence-electron chi connectivity index (χ4n) is 4.36. The van der Waals surface area contributed by atoms with Crippen LogP contribution in [0.5, 0.6) is 0 Å². The molecule has 0 N–H and O–H groups in total. The second kappa shape index (κ2) is 19.9. The Morgan fingerprint density at radius 3 is 0.605 bits per heavy atom. The molecule has 0 aliphatic carbocycles. The Balaban J connectivity index is 0.000000206. The van der Waals surface area contributed by atoms with E-state index in [1.54, 1.807) is 6.42 Å². The minimum atomic E-state index is -0.446. The molecular formula is C40H37P2Rh. The Bertz CT molecular complexity index is 1200. The summed E-state index contributed by atoms with van der Waals surface area (Å²) < 4.78 is 0. The van der Waals surface area contributed by atoms with E-state index in [0.717, 1.165) is 0 Å². The normalized spacial score (nSPS) is 10.0. The molecule has 0 bridgehead atoms. The standard InChI is InChI=1S/2C18H15P.C4H7.Rh/c2*1-4-10-16(11-5-1)19(17-12-6-2-7-13-17)18-14-8-3-9-15-18;1-3-4-2;/h2*1-15H;3-4H,1H2,2H3;. The summed E-state index contributed by atoms with van der Waals surface area (Å²) in [6.45, 7) is 5.36. The van der Waals surface area contributed by atoms with Crippen molar-refractivity contribution in [3.63, 3.8) is 0 Å². The summed E-state index contributed by atoms with van der Waals surface area (Å²) in [4.78, 5) is 0. The van der Waals surface area contributed by atoms with Crippen LogP contribution in [0.2, 0.25) is 0 Å². The predicted octanol–water partition coefficient (Wildman–Crippen LogP) is 8.14. The van der Waals surface area contributed by atoms with Gasteiger partial charge in [0.05, 0.1) is 0 Å². The molecule has 216 valence electrons. The third-order valence-electron chi connectivity index (χ3n) is 6.32. The van der Waals surface area contributed by atoms with E-state index in [2.05, 4.69) is 189 Å². The van der Waals surface area contributed by atoms with Crippen molar-refractivity contribution in [3.05, 3.63) is 202 Å². The van der Waals surface area contributed by atoms with Gasteiger partial charge in [-0.3, -0.25) is 0 Å². The van der Waals surface area contributed by atoms with E-state index in [4.69, 9.17) is 0 Å². The second-order valence-electron chi connectivity index (χ2n) is 9.25. The molecule has 6 rings (SSSR count). The molecule has 4 radical (unpaired) electrons. The van der Waals surface area contributed by atoms with Crippen molar-refractivity contribution in [1.82, 2.24) is 0 Å². The molecule has 0 amide bonds. The van der Waals surface area contributed by atoms with Crippen LogP contribution in [-0.2, 0) is 19.5 Å². The van der Waals surface area contributed by atoms with Crippen molar-refractivity contribution >= 4 is 47.7 Å². The van der Waals surface area contributed by atoms with E-state index in [1.807, 2.05) is 13.3 Å². The van der Waals surface area contributed by atoms with Crippen molar-refractivity contribution in [1.29, 1.82) is 0 Å². The molecule has 0 spiro atoms. The number of rotatable bonds is 7. The zero-order valence-corrected chi connectivity index (χ0v) is 27.8. The summed E-state index contributed by atoms with van der Waals surface area (Å²) in [6.07, 6.45) is 3.64. The van der Waals surface area contributed by atoms with Gasteiger partial charge in [-0.15, -0.1) is 0 Å². The van der Waals surface area contributed by atoms with Crippen LogP contribution < -0.4 is 31.8 Å². The maximum absolute atomic E-state index is 3.42. The molecule has 0 aromatic heterocycles. The first-order chi connectivity index (χ1) is 20.8. The maximum atomic E-state index is 3.42. The summed E-state index contributed by atoms with van der Waals surface area (Å²) in [7, 11) is -0.892. The average molecular weight is 683 g/mol. The van der Waals surface area contributed by atoms with Gasteiger partial charge in [0.15, 0.2) is 0 Å². The Kier molecular flexibility index (Phi) is 15.9. The van der Waals surface area contributed by atoms with Crippen LogP contribution in [0.1, 0.15) is 6.92 Å². The van der Waals surface area contributed by atoms with Gasteiger partial charge < -0.3 is 0 Å². The van der Waals surface area contributed by atoms with Crippen molar-refractivity contribution in [2.45, 2.75) is 6.92 Å². The number of benzene rings is 6. The van der Waals surface area contributed by atoms with Crippen LogP contribution in [-0.4, -0.2) is 0 Å². The molecule has 6 aromatic carbocycles. The van der Waals surface area contributed by atoms with Gasteiger partial charge in [0.25, 0.3) is 0 Å².